The molecule has 0 spiro atoms. The fourth-order valence-corrected chi connectivity index (χ4v) is 0.841. The molecular formula is C10H23NO2. The summed E-state index contributed by atoms with van der Waals surface area (Å²) >= 11 is 0. The van der Waals surface area contributed by atoms with Gasteiger partial charge in [-0.2, -0.15) is 0 Å². The highest BCUT2D eigenvalue weighted by atomic mass is 16.5. The van der Waals surface area contributed by atoms with Crippen LogP contribution in [0.15, 0.2) is 0 Å². The summed E-state index contributed by atoms with van der Waals surface area (Å²) in [6.45, 7) is 10.5. The van der Waals surface area contributed by atoms with Gasteiger partial charge in [-0.25, -0.2) is 0 Å². The summed E-state index contributed by atoms with van der Waals surface area (Å²) in [5.74, 6) is 0. The van der Waals surface area contributed by atoms with Gasteiger partial charge in [-0.15, -0.1) is 0 Å². The van der Waals surface area contributed by atoms with Crippen molar-refractivity contribution in [2.45, 2.75) is 46.3 Å². The molecule has 1 unspecified atom stereocenters. The van der Waals surface area contributed by atoms with E-state index in [1.54, 1.807) is 0 Å². The van der Waals surface area contributed by atoms with Gasteiger partial charge in [-0.3, -0.25) is 0 Å². The van der Waals surface area contributed by atoms with Crippen LogP contribution >= 0.6 is 0 Å². The van der Waals surface area contributed by atoms with Crippen LogP contribution < -0.4 is 5.73 Å². The van der Waals surface area contributed by atoms with E-state index in [1.807, 2.05) is 20.8 Å². The highest BCUT2D eigenvalue weighted by molar-refractivity contribution is 4.80. The van der Waals surface area contributed by atoms with E-state index in [1.165, 1.54) is 0 Å². The van der Waals surface area contributed by atoms with E-state index in [9.17, 15) is 0 Å². The summed E-state index contributed by atoms with van der Waals surface area (Å²) in [6, 6.07) is 0. The minimum atomic E-state index is -0.480. The van der Waals surface area contributed by atoms with Gasteiger partial charge in [0.15, 0.2) is 0 Å². The highest BCUT2D eigenvalue weighted by Gasteiger charge is 2.30. The standard InChI is InChI=1S/C10H23NO2/c1-8(9(2,3)6-11)13-10(4,5)7-12/h8,12H,6-7,11H2,1-5H3. The molecule has 0 saturated carbocycles. The Hall–Kier alpha value is -0.120. The molecule has 0 bridgehead atoms. The molecule has 0 amide bonds. The maximum absolute atomic E-state index is 9.03. The molecule has 0 rings (SSSR count). The Morgan fingerprint density at radius 2 is 1.77 bits per heavy atom. The minimum absolute atomic E-state index is 0.0258. The Morgan fingerprint density at radius 3 is 2.08 bits per heavy atom. The number of nitrogens with two attached hydrogens (primary N) is 1. The van der Waals surface area contributed by atoms with E-state index in [-0.39, 0.29) is 18.1 Å². The molecule has 0 radical (unpaired) electrons. The second-order valence-electron chi connectivity index (χ2n) is 4.87. The third-order valence-corrected chi connectivity index (χ3v) is 2.50. The van der Waals surface area contributed by atoms with Crippen LogP contribution in [0.1, 0.15) is 34.6 Å². The molecule has 0 heterocycles. The number of aliphatic hydroxyl groups is 1. The first-order valence-electron chi connectivity index (χ1n) is 4.74. The maximum Gasteiger partial charge on any atom is 0.0860 e. The zero-order valence-electron chi connectivity index (χ0n) is 9.42. The number of ether oxygens (including phenoxy) is 1. The molecule has 1 atom stereocenters. The van der Waals surface area contributed by atoms with Crippen LogP contribution in [0.5, 0.6) is 0 Å². The van der Waals surface area contributed by atoms with Gasteiger partial charge in [-0.05, 0) is 27.3 Å². The van der Waals surface area contributed by atoms with Crippen LogP contribution in [0.3, 0.4) is 0 Å². The fourth-order valence-electron chi connectivity index (χ4n) is 0.841. The van der Waals surface area contributed by atoms with Crippen molar-refractivity contribution < 1.29 is 9.84 Å². The second kappa shape index (κ2) is 4.40. The largest absolute Gasteiger partial charge is 0.393 e. The van der Waals surface area contributed by atoms with Gasteiger partial charge in [0.05, 0.1) is 18.3 Å². The molecule has 0 aliphatic heterocycles. The van der Waals surface area contributed by atoms with Gasteiger partial charge < -0.3 is 15.6 Å². The first kappa shape index (κ1) is 12.9. The Morgan fingerprint density at radius 1 is 1.31 bits per heavy atom. The van der Waals surface area contributed by atoms with Crippen molar-refractivity contribution in [3.05, 3.63) is 0 Å². The average molecular weight is 189 g/mol. The van der Waals surface area contributed by atoms with E-state index < -0.39 is 5.60 Å². The van der Waals surface area contributed by atoms with Crippen molar-refractivity contribution in [3.63, 3.8) is 0 Å². The Bertz CT molecular complexity index is 155. The molecule has 0 aromatic carbocycles. The predicted octanol–water partition coefficient (Wildman–Crippen LogP) is 1.15. The van der Waals surface area contributed by atoms with Gasteiger partial charge in [-0.1, -0.05) is 13.8 Å². The predicted molar refractivity (Wildman–Crippen MR) is 54.5 cm³/mol. The summed E-state index contributed by atoms with van der Waals surface area (Å²) in [5.41, 5.74) is 5.10. The molecule has 0 aromatic rings. The highest BCUT2D eigenvalue weighted by Crippen LogP contribution is 2.25. The van der Waals surface area contributed by atoms with Gasteiger partial charge >= 0.3 is 0 Å². The lowest BCUT2D eigenvalue weighted by Gasteiger charge is -2.36. The third kappa shape index (κ3) is 4.07. The van der Waals surface area contributed by atoms with Crippen LogP contribution in [0.2, 0.25) is 0 Å². The Kier molecular flexibility index (Phi) is 4.36. The molecule has 0 aliphatic rings. The SMILES string of the molecule is CC(OC(C)(C)CO)C(C)(C)CN. The average Bonchev–Trinajstić information content (AvgIpc) is 2.04. The second-order valence-corrected chi connectivity index (χ2v) is 4.87. The van der Waals surface area contributed by atoms with Crippen LogP contribution in [0, 0.1) is 5.41 Å². The molecule has 3 N–H and O–H groups in total. The van der Waals surface area contributed by atoms with Crippen molar-refractivity contribution >= 4 is 0 Å². The van der Waals surface area contributed by atoms with Crippen molar-refractivity contribution in [1.29, 1.82) is 0 Å². The summed E-state index contributed by atoms with van der Waals surface area (Å²) < 4.78 is 5.71. The zero-order chi connectivity index (χ0) is 10.7. The lowest BCUT2D eigenvalue weighted by atomic mass is 9.87. The number of rotatable bonds is 5. The Labute approximate surface area is 81.3 Å². The van der Waals surface area contributed by atoms with Gasteiger partial charge in [0.25, 0.3) is 0 Å². The quantitative estimate of drug-likeness (QED) is 0.682. The minimum Gasteiger partial charge on any atom is -0.393 e. The van der Waals surface area contributed by atoms with Crippen LogP contribution in [-0.2, 0) is 4.74 Å². The molecule has 0 saturated heterocycles. The molecule has 3 heteroatoms. The lowest BCUT2D eigenvalue weighted by molar-refractivity contribution is -0.126. The van der Waals surface area contributed by atoms with E-state index >= 15 is 0 Å². The smallest absolute Gasteiger partial charge is 0.0860 e. The zero-order valence-corrected chi connectivity index (χ0v) is 9.42. The van der Waals surface area contributed by atoms with Crippen molar-refractivity contribution in [1.82, 2.24) is 0 Å². The van der Waals surface area contributed by atoms with Crippen molar-refractivity contribution in [3.8, 4) is 0 Å². The van der Waals surface area contributed by atoms with Gasteiger partial charge in [0.1, 0.15) is 0 Å². The van der Waals surface area contributed by atoms with Gasteiger partial charge in [0.2, 0.25) is 0 Å². The molecule has 13 heavy (non-hydrogen) atoms. The number of hydrogen-bond donors (Lipinski definition) is 2. The molecule has 0 aromatic heterocycles. The first-order valence-corrected chi connectivity index (χ1v) is 4.74. The van der Waals surface area contributed by atoms with E-state index in [0.29, 0.717) is 6.54 Å². The molecule has 0 aliphatic carbocycles. The summed E-state index contributed by atoms with van der Waals surface area (Å²) in [5, 5.41) is 9.03. The van der Waals surface area contributed by atoms with Gasteiger partial charge in [0, 0.05) is 5.41 Å². The Balaban J connectivity index is 4.22. The fraction of sp³-hybridized carbons (Fsp3) is 1.00. The molecular weight excluding hydrogens is 166 g/mol. The normalized spacial score (nSPS) is 15.9. The number of hydrogen-bond acceptors (Lipinski definition) is 3. The topological polar surface area (TPSA) is 55.5 Å². The summed E-state index contributed by atoms with van der Waals surface area (Å²) in [6.07, 6.45) is 0.0413. The van der Waals surface area contributed by atoms with Crippen LogP contribution in [0.25, 0.3) is 0 Å². The molecule has 3 nitrogen and oxygen atoms in total. The monoisotopic (exact) mass is 189 g/mol. The lowest BCUT2D eigenvalue weighted by Crippen LogP contribution is -2.43. The summed E-state index contributed by atoms with van der Waals surface area (Å²) in [4.78, 5) is 0. The van der Waals surface area contributed by atoms with Crippen molar-refractivity contribution in [2.24, 2.45) is 11.1 Å². The van der Waals surface area contributed by atoms with Crippen LogP contribution in [0.4, 0.5) is 0 Å². The van der Waals surface area contributed by atoms with E-state index in [4.69, 9.17) is 15.6 Å². The number of aliphatic hydroxyl groups excluding tert-OH is 1. The van der Waals surface area contributed by atoms with Crippen molar-refractivity contribution in [2.75, 3.05) is 13.2 Å². The maximum atomic E-state index is 9.03. The van der Waals surface area contributed by atoms with E-state index in [0.717, 1.165) is 0 Å². The van der Waals surface area contributed by atoms with Crippen LogP contribution in [-0.4, -0.2) is 30.0 Å². The summed E-state index contributed by atoms with van der Waals surface area (Å²) in [7, 11) is 0. The molecule has 0 fully saturated rings. The third-order valence-electron chi connectivity index (χ3n) is 2.50. The molecule has 80 valence electrons. The first-order chi connectivity index (χ1) is 5.75. The van der Waals surface area contributed by atoms with E-state index in [2.05, 4.69) is 13.8 Å².